The SMILES string of the molecule is CC(C=CC=C(C)c1cc2c(s1)C(C)(C)CCC2(C)C)=CC(=O)O. The van der Waals surface area contributed by atoms with Gasteiger partial charge in [0, 0.05) is 15.8 Å². The lowest BCUT2D eigenvalue weighted by atomic mass is 9.67. The molecular weight excluding hydrogens is 316 g/mol. The van der Waals surface area contributed by atoms with Crippen molar-refractivity contribution in [3.63, 3.8) is 0 Å². The Morgan fingerprint density at radius 1 is 1.17 bits per heavy atom. The van der Waals surface area contributed by atoms with Crippen LogP contribution < -0.4 is 0 Å². The third-order valence-corrected chi connectivity index (χ3v) is 6.53. The largest absolute Gasteiger partial charge is 0.478 e. The molecule has 0 aromatic carbocycles. The highest BCUT2D eigenvalue weighted by molar-refractivity contribution is 7.13. The van der Waals surface area contributed by atoms with Gasteiger partial charge < -0.3 is 5.11 Å². The summed E-state index contributed by atoms with van der Waals surface area (Å²) in [7, 11) is 0. The van der Waals surface area contributed by atoms with E-state index in [4.69, 9.17) is 5.11 Å². The van der Waals surface area contributed by atoms with Gasteiger partial charge in [0.25, 0.3) is 0 Å². The molecule has 0 bridgehead atoms. The molecular formula is C21H28O2S. The Morgan fingerprint density at radius 2 is 1.79 bits per heavy atom. The minimum atomic E-state index is -0.909. The molecule has 0 amide bonds. The molecule has 130 valence electrons. The zero-order chi connectivity index (χ0) is 18.1. The highest BCUT2D eigenvalue weighted by Crippen LogP contribution is 2.50. The van der Waals surface area contributed by atoms with Crippen LogP contribution in [0, 0.1) is 0 Å². The van der Waals surface area contributed by atoms with Crippen molar-refractivity contribution in [2.75, 3.05) is 0 Å². The number of hydrogen-bond donors (Lipinski definition) is 1. The third-order valence-electron chi connectivity index (χ3n) is 4.90. The summed E-state index contributed by atoms with van der Waals surface area (Å²) in [6, 6.07) is 2.36. The summed E-state index contributed by atoms with van der Waals surface area (Å²) in [5.41, 5.74) is 3.96. The topological polar surface area (TPSA) is 37.3 Å². The number of carbonyl (C=O) groups is 1. The molecule has 0 saturated carbocycles. The molecule has 0 atom stereocenters. The first-order valence-electron chi connectivity index (χ1n) is 8.44. The van der Waals surface area contributed by atoms with Crippen molar-refractivity contribution in [3.05, 3.63) is 51.3 Å². The fourth-order valence-electron chi connectivity index (χ4n) is 3.13. The van der Waals surface area contributed by atoms with E-state index in [1.807, 2.05) is 23.5 Å². The number of rotatable bonds is 4. The standard InChI is InChI=1S/C21H28O2S/c1-14(12-18(22)23)8-7-9-15(2)17-13-16-19(24-17)21(5,6)11-10-20(16,3)4/h7-9,12-13H,10-11H2,1-6H3,(H,22,23). The summed E-state index contributed by atoms with van der Waals surface area (Å²) in [6.07, 6.45) is 9.50. The predicted octanol–water partition coefficient (Wildman–Crippen LogP) is 6.09. The van der Waals surface area contributed by atoms with Crippen LogP contribution >= 0.6 is 11.3 Å². The zero-order valence-corrected chi connectivity index (χ0v) is 16.4. The molecule has 2 nitrogen and oxygen atoms in total. The van der Waals surface area contributed by atoms with Crippen molar-refractivity contribution < 1.29 is 9.90 Å². The lowest BCUT2D eigenvalue weighted by molar-refractivity contribution is -0.131. The van der Waals surface area contributed by atoms with Crippen LogP contribution in [0.25, 0.3) is 5.57 Å². The van der Waals surface area contributed by atoms with E-state index in [1.54, 1.807) is 6.92 Å². The molecule has 1 aromatic rings. The Bertz CT molecular complexity index is 694. The van der Waals surface area contributed by atoms with E-state index < -0.39 is 5.97 Å². The highest BCUT2D eigenvalue weighted by Gasteiger charge is 2.38. The molecule has 1 heterocycles. The Kier molecular flexibility index (Phi) is 5.24. The lowest BCUT2D eigenvalue weighted by Crippen LogP contribution is -2.31. The van der Waals surface area contributed by atoms with Gasteiger partial charge in [-0.2, -0.15) is 0 Å². The van der Waals surface area contributed by atoms with E-state index in [2.05, 4.69) is 46.8 Å². The summed E-state index contributed by atoms with van der Waals surface area (Å²) < 4.78 is 0. The molecule has 0 saturated heterocycles. The van der Waals surface area contributed by atoms with E-state index >= 15 is 0 Å². The van der Waals surface area contributed by atoms with Crippen LogP contribution in [0.15, 0.2) is 35.9 Å². The molecule has 0 radical (unpaired) electrons. The molecule has 0 aliphatic heterocycles. The van der Waals surface area contributed by atoms with Gasteiger partial charge >= 0.3 is 5.97 Å². The second-order valence-corrected chi connectivity index (χ2v) is 9.11. The second-order valence-electron chi connectivity index (χ2n) is 8.06. The number of thiophene rings is 1. The maximum absolute atomic E-state index is 10.6. The minimum Gasteiger partial charge on any atom is -0.478 e. The monoisotopic (exact) mass is 344 g/mol. The van der Waals surface area contributed by atoms with E-state index in [0.29, 0.717) is 0 Å². The van der Waals surface area contributed by atoms with Crippen LogP contribution in [-0.4, -0.2) is 11.1 Å². The van der Waals surface area contributed by atoms with Crippen molar-refractivity contribution in [2.24, 2.45) is 0 Å². The van der Waals surface area contributed by atoms with E-state index in [9.17, 15) is 4.79 Å². The first kappa shape index (κ1) is 18.7. The molecule has 1 aliphatic carbocycles. The highest BCUT2D eigenvalue weighted by atomic mass is 32.1. The van der Waals surface area contributed by atoms with Gasteiger partial charge in [-0.3, -0.25) is 0 Å². The van der Waals surface area contributed by atoms with Crippen LogP contribution in [0.2, 0.25) is 0 Å². The van der Waals surface area contributed by atoms with Crippen LogP contribution in [0.3, 0.4) is 0 Å². The summed E-state index contributed by atoms with van der Waals surface area (Å²) in [5, 5.41) is 8.74. The maximum Gasteiger partial charge on any atom is 0.328 e. The van der Waals surface area contributed by atoms with Crippen LogP contribution in [0.4, 0.5) is 0 Å². The van der Waals surface area contributed by atoms with Crippen molar-refractivity contribution in [1.29, 1.82) is 0 Å². The van der Waals surface area contributed by atoms with Gasteiger partial charge in [-0.05, 0) is 60.3 Å². The number of carboxylic acid groups (broad SMARTS) is 1. The Balaban J connectivity index is 2.31. The van der Waals surface area contributed by atoms with E-state index in [0.717, 1.165) is 5.57 Å². The van der Waals surface area contributed by atoms with Crippen LogP contribution in [-0.2, 0) is 15.6 Å². The molecule has 0 fully saturated rings. The zero-order valence-electron chi connectivity index (χ0n) is 15.6. The molecule has 2 rings (SSSR count). The van der Waals surface area contributed by atoms with Gasteiger partial charge in [0.2, 0.25) is 0 Å². The Labute approximate surface area is 149 Å². The summed E-state index contributed by atoms with van der Waals surface area (Å²) in [4.78, 5) is 13.5. The van der Waals surface area contributed by atoms with Gasteiger partial charge in [-0.1, -0.05) is 45.9 Å². The number of fused-ring (bicyclic) bond motifs is 1. The van der Waals surface area contributed by atoms with E-state index in [-0.39, 0.29) is 10.8 Å². The minimum absolute atomic E-state index is 0.247. The quantitative estimate of drug-likeness (QED) is 0.530. The van der Waals surface area contributed by atoms with Gasteiger partial charge in [0.15, 0.2) is 0 Å². The lowest BCUT2D eigenvalue weighted by Gasteiger charge is -2.39. The van der Waals surface area contributed by atoms with Crippen molar-refractivity contribution in [3.8, 4) is 0 Å². The normalized spacial score (nSPS) is 20.2. The summed E-state index contributed by atoms with van der Waals surface area (Å²) >= 11 is 1.91. The number of allylic oxidation sites excluding steroid dienone is 5. The van der Waals surface area contributed by atoms with Crippen molar-refractivity contribution >= 4 is 22.9 Å². The molecule has 3 heteroatoms. The predicted molar refractivity (Wildman–Crippen MR) is 104 cm³/mol. The molecule has 1 aromatic heterocycles. The fourth-order valence-corrected chi connectivity index (χ4v) is 4.58. The second kappa shape index (κ2) is 6.72. The fraction of sp³-hybridized carbons (Fsp3) is 0.476. The molecule has 0 spiro atoms. The first-order valence-corrected chi connectivity index (χ1v) is 9.26. The average molecular weight is 345 g/mol. The summed E-state index contributed by atoms with van der Waals surface area (Å²) in [6.45, 7) is 13.3. The third kappa shape index (κ3) is 4.07. The van der Waals surface area contributed by atoms with Gasteiger partial charge in [0.05, 0.1) is 0 Å². The van der Waals surface area contributed by atoms with Crippen LogP contribution in [0.1, 0.15) is 69.7 Å². The first-order chi connectivity index (χ1) is 11.0. The summed E-state index contributed by atoms with van der Waals surface area (Å²) in [5.74, 6) is -0.909. The maximum atomic E-state index is 10.6. The number of hydrogen-bond acceptors (Lipinski definition) is 2. The van der Waals surface area contributed by atoms with Crippen molar-refractivity contribution in [2.45, 2.75) is 65.2 Å². The Hall–Kier alpha value is -1.61. The van der Waals surface area contributed by atoms with Gasteiger partial charge in [-0.25, -0.2) is 4.79 Å². The molecule has 0 unspecified atom stereocenters. The smallest absolute Gasteiger partial charge is 0.328 e. The Morgan fingerprint density at radius 3 is 2.38 bits per heavy atom. The molecule has 1 aliphatic rings. The molecule has 1 N–H and O–H groups in total. The average Bonchev–Trinajstić information content (AvgIpc) is 2.91. The number of aliphatic carboxylic acids is 1. The van der Waals surface area contributed by atoms with Crippen LogP contribution in [0.5, 0.6) is 0 Å². The van der Waals surface area contributed by atoms with E-state index in [1.165, 1.54) is 39.8 Å². The molecule has 24 heavy (non-hydrogen) atoms. The van der Waals surface area contributed by atoms with Gasteiger partial charge in [0.1, 0.15) is 0 Å². The van der Waals surface area contributed by atoms with Gasteiger partial charge in [-0.15, -0.1) is 11.3 Å². The van der Waals surface area contributed by atoms with Crippen molar-refractivity contribution in [1.82, 2.24) is 0 Å². The number of carboxylic acids is 1.